The van der Waals surface area contributed by atoms with Crippen LogP contribution in [-0.2, 0) is 11.2 Å². The highest BCUT2D eigenvalue weighted by molar-refractivity contribution is 5.90. The molecular weight excluding hydrogens is 371 g/mol. The number of anilines is 1. The van der Waals surface area contributed by atoms with Crippen LogP contribution >= 0.6 is 0 Å². The number of benzene rings is 1. The average molecular weight is 396 g/mol. The zero-order valence-electron chi connectivity index (χ0n) is 16.6. The second-order valence-electron chi connectivity index (χ2n) is 6.70. The Morgan fingerprint density at radius 3 is 2.79 bits per heavy atom. The molecule has 152 valence electrons. The van der Waals surface area contributed by atoms with Gasteiger partial charge in [-0.25, -0.2) is 9.37 Å². The van der Waals surface area contributed by atoms with E-state index in [0.29, 0.717) is 31.3 Å². The Kier molecular flexibility index (Phi) is 6.78. The Hall–Kier alpha value is -3.42. The van der Waals surface area contributed by atoms with Crippen molar-refractivity contribution in [2.24, 2.45) is 4.99 Å². The first-order chi connectivity index (χ1) is 14.0. The number of rotatable bonds is 7. The number of carbonyl (C=O) groups excluding carboxylic acids is 1. The number of aromatic nitrogens is 2. The van der Waals surface area contributed by atoms with E-state index in [0.717, 1.165) is 22.0 Å². The van der Waals surface area contributed by atoms with Gasteiger partial charge in [0, 0.05) is 49.9 Å². The molecular formula is C21H25FN6O. The highest BCUT2D eigenvalue weighted by atomic mass is 19.1. The van der Waals surface area contributed by atoms with Gasteiger partial charge in [0.05, 0.1) is 0 Å². The van der Waals surface area contributed by atoms with Crippen LogP contribution in [0.5, 0.6) is 0 Å². The molecule has 0 radical (unpaired) electrons. The molecule has 0 atom stereocenters. The minimum Gasteiger partial charge on any atom is -0.361 e. The van der Waals surface area contributed by atoms with Crippen molar-refractivity contribution in [3.05, 3.63) is 59.7 Å². The van der Waals surface area contributed by atoms with Crippen molar-refractivity contribution < 1.29 is 9.18 Å². The number of guanidine groups is 1. The molecule has 0 bridgehead atoms. The standard InChI is InChI=1S/C21H25FN6O/c1-14-3-6-19(27-12-14)28-20(29)8-10-25-21(23-2)24-9-7-15-13-26-18-5-4-16(22)11-17(15)18/h3-6,11-13,26H,7-10H2,1-2H3,(H2,23,24,25)(H,27,28,29). The van der Waals surface area contributed by atoms with Crippen molar-refractivity contribution in [1.29, 1.82) is 0 Å². The number of amides is 1. The van der Waals surface area contributed by atoms with Crippen molar-refractivity contribution in [1.82, 2.24) is 20.6 Å². The lowest BCUT2D eigenvalue weighted by atomic mass is 10.1. The Morgan fingerprint density at radius 1 is 1.21 bits per heavy atom. The highest BCUT2D eigenvalue weighted by Crippen LogP contribution is 2.19. The maximum absolute atomic E-state index is 13.5. The van der Waals surface area contributed by atoms with Gasteiger partial charge in [-0.2, -0.15) is 0 Å². The molecule has 29 heavy (non-hydrogen) atoms. The second-order valence-corrected chi connectivity index (χ2v) is 6.70. The number of halogens is 1. The minimum atomic E-state index is -0.247. The average Bonchev–Trinajstić information content (AvgIpc) is 3.10. The topological polar surface area (TPSA) is 94.2 Å². The summed E-state index contributed by atoms with van der Waals surface area (Å²) < 4.78 is 13.5. The van der Waals surface area contributed by atoms with E-state index in [-0.39, 0.29) is 18.1 Å². The molecule has 0 aliphatic heterocycles. The van der Waals surface area contributed by atoms with E-state index in [9.17, 15) is 9.18 Å². The fraction of sp³-hybridized carbons (Fsp3) is 0.286. The van der Waals surface area contributed by atoms with Gasteiger partial charge in [0.25, 0.3) is 0 Å². The van der Waals surface area contributed by atoms with Crippen LogP contribution < -0.4 is 16.0 Å². The number of carbonyl (C=O) groups is 1. The third-order valence-electron chi connectivity index (χ3n) is 4.46. The fourth-order valence-corrected chi connectivity index (χ4v) is 2.94. The van der Waals surface area contributed by atoms with Gasteiger partial charge in [0.2, 0.25) is 5.91 Å². The van der Waals surface area contributed by atoms with E-state index in [4.69, 9.17) is 0 Å². The van der Waals surface area contributed by atoms with Crippen LogP contribution in [0.3, 0.4) is 0 Å². The number of hydrogen-bond acceptors (Lipinski definition) is 3. The van der Waals surface area contributed by atoms with E-state index in [1.54, 1.807) is 25.4 Å². The first-order valence-corrected chi connectivity index (χ1v) is 9.47. The second kappa shape index (κ2) is 9.68. The number of pyridine rings is 1. The smallest absolute Gasteiger partial charge is 0.227 e. The summed E-state index contributed by atoms with van der Waals surface area (Å²) in [6.45, 7) is 3.01. The van der Waals surface area contributed by atoms with Crippen LogP contribution in [0.25, 0.3) is 10.9 Å². The first-order valence-electron chi connectivity index (χ1n) is 9.47. The zero-order valence-corrected chi connectivity index (χ0v) is 16.6. The highest BCUT2D eigenvalue weighted by Gasteiger charge is 2.07. The Bertz CT molecular complexity index is 996. The summed E-state index contributed by atoms with van der Waals surface area (Å²) in [4.78, 5) is 23.5. The summed E-state index contributed by atoms with van der Waals surface area (Å²) >= 11 is 0. The molecule has 0 spiro atoms. The molecule has 0 saturated heterocycles. The molecule has 0 aliphatic rings. The largest absolute Gasteiger partial charge is 0.361 e. The summed E-state index contributed by atoms with van der Waals surface area (Å²) in [6, 6.07) is 8.39. The van der Waals surface area contributed by atoms with Gasteiger partial charge in [0.1, 0.15) is 11.6 Å². The van der Waals surface area contributed by atoms with Crippen LogP contribution in [0.4, 0.5) is 10.2 Å². The summed E-state index contributed by atoms with van der Waals surface area (Å²) in [7, 11) is 1.67. The number of nitrogens with zero attached hydrogens (tertiary/aromatic N) is 2. The van der Waals surface area contributed by atoms with Crippen molar-refractivity contribution in [2.45, 2.75) is 19.8 Å². The van der Waals surface area contributed by atoms with E-state index in [1.165, 1.54) is 12.1 Å². The number of nitrogens with one attached hydrogen (secondary N) is 4. The normalized spacial score (nSPS) is 11.5. The Labute approximate surface area is 168 Å². The van der Waals surface area contributed by atoms with Gasteiger partial charge in [-0.3, -0.25) is 9.79 Å². The number of fused-ring (bicyclic) bond motifs is 1. The molecule has 1 amide bonds. The van der Waals surface area contributed by atoms with Crippen LogP contribution in [0.15, 0.2) is 47.7 Å². The van der Waals surface area contributed by atoms with Gasteiger partial charge in [-0.05, 0) is 48.7 Å². The van der Waals surface area contributed by atoms with Crippen LogP contribution in [0.2, 0.25) is 0 Å². The lowest BCUT2D eigenvalue weighted by Crippen LogP contribution is -2.39. The van der Waals surface area contributed by atoms with Crippen molar-refractivity contribution >= 4 is 28.6 Å². The Balaban J connectivity index is 1.40. The number of hydrogen-bond donors (Lipinski definition) is 4. The Morgan fingerprint density at radius 2 is 2.03 bits per heavy atom. The number of aromatic amines is 1. The van der Waals surface area contributed by atoms with Crippen molar-refractivity contribution in [3.63, 3.8) is 0 Å². The van der Waals surface area contributed by atoms with Gasteiger partial charge in [0.15, 0.2) is 5.96 Å². The fourth-order valence-electron chi connectivity index (χ4n) is 2.94. The van der Waals surface area contributed by atoms with E-state index < -0.39 is 0 Å². The number of aryl methyl sites for hydroxylation is 1. The lowest BCUT2D eigenvalue weighted by molar-refractivity contribution is -0.116. The number of aliphatic imine (C=N–C) groups is 1. The van der Waals surface area contributed by atoms with Gasteiger partial charge in [-0.15, -0.1) is 0 Å². The van der Waals surface area contributed by atoms with E-state index in [2.05, 4.69) is 30.9 Å². The predicted octanol–water partition coefficient (Wildman–Crippen LogP) is 2.75. The van der Waals surface area contributed by atoms with Crippen LogP contribution in [0.1, 0.15) is 17.5 Å². The molecule has 7 nitrogen and oxygen atoms in total. The summed E-state index contributed by atoms with van der Waals surface area (Å²) in [5.41, 5.74) is 2.99. The third kappa shape index (κ3) is 5.78. The molecule has 0 unspecified atom stereocenters. The maximum atomic E-state index is 13.5. The molecule has 3 aromatic rings. The maximum Gasteiger partial charge on any atom is 0.227 e. The SMILES string of the molecule is CN=C(NCCC(=O)Nc1ccc(C)cn1)NCCc1c[nH]c2ccc(F)cc12. The predicted molar refractivity (Wildman–Crippen MR) is 114 cm³/mol. The summed E-state index contributed by atoms with van der Waals surface area (Å²) in [5.74, 6) is 0.781. The molecule has 2 heterocycles. The van der Waals surface area contributed by atoms with Gasteiger partial charge < -0.3 is 20.9 Å². The summed E-state index contributed by atoms with van der Waals surface area (Å²) in [5, 5.41) is 9.96. The lowest BCUT2D eigenvalue weighted by Gasteiger charge is -2.11. The van der Waals surface area contributed by atoms with E-state index >= 15 is 0 Å². The molecule has 2 aromatic heterocycles. The minimum absolute atomic E-state index is 0.120. The van der Waals surface area contributed by atoms with Crippen LogP contribution in [-0.4, -0.2) is 42.0 Å². The van der Waals surface area contributed by atoms with Crippen molar-refractivity contribution in [3.8, 4) is 0 Å². The van der Waals surface area contributed by atoms with Crippen LogP contribution in [0, 0.1) is 12.7 Å². The monoisotopic (exact) mass is 396 g/mol. The molecule has 0 aliphatic carbocycles. The van der Waals surface area contributed by atoms with Crippen molar-refractivity contribution in [2.75, 3.05) is 25.5 Å². The first kappa shape index (κ1) is 20.3. The quantitative estimate of drug-likeness (QED) is 0.365. The number of H-pyrrole nitrogens is 1. The third-order valence-corrected chi connectivity index (χ3v) is 4.46. The van der Waals surface area contributed by atoms with Gasteiger partial charge in [-0.1, -0.05) is 6.07 Å². The molecule has 4 N–H and O–H groups in total. The molecule has 0 fully saturated rings. The molecule has 3 rings (SSSR count). The van der Waals surface area contributed by atoms with Gasteiger partial charge >= 0.3 is 0 Å². The molecule has 0 saturated carbocycles. The van der Waals surface area contributed by atoms with E-state index in [1.807, 2.05) is 19.2 Å². The molecule has 1 aromatic carbocycles. The molecule has 8 heteroatoms. The summed E-state index contributed by atoms with van der Waals surface area (Å²) in [6.07, 6.45) is 4.61. The zero-order chi connectivity index (χ0) is 20.6.